The van der Waals surface area contributed by atoms with Gasteiger partial charge in [0.05, 0.1) is 17.3 Å². The zero-order valence-corrected chi connectivity index (χ0v) is 14.1. The van der Waals surface area contributed by atoms with Crippen LogP contribution in [0.2, 0.25) is 0 Å². The molecule has 0 radical (unpaired) electrons. The number of halogens is 1. The number of rotatable bonds is 2. The molecule has 1 saturated heterocycles. The number of amides is 1. The maximum atomic E-state index is 13.1. The zero-order valence-electron chi connectivity index (χ0n) is 14.1. The van der Waals surface area contributed by atoms with Gasteiger partial charge in [-0.05, 0) is 45.7 Å². The van der Waals surface area contributed by atoms with E-state index in [-0.39, 0.29) is 5.84 Å². The minimum atomic E-state index is -0.832. The van der Waals surface area contributed by atoms with Crippen LogP contribution in [0.15, 0.2) is 23.5 Å². The Kier molecular flexibility index (Phi) is 4.96. The molecule has 0 saturated carbocycles. The first kappa shape index (κ1) is 18.0. The molecule has 1 aromatic heterocycles. The third-order valence-corrected chi connectivity index (χ3v) is 4.08. The van der Waals surface area contributed by atoms with Crippen molar-refractivity contribution in [3.63, 3.8) is 0 Å². The summed E-state index contributed by atoms with van der Waals surface area (Å²) in [6.45, 7) is 6.14. The van der Waals surface area contributed by atoms with Crippen LogP contribution >= 0.6 is 0 Å². The SMILES string of the molecule is CC(C)(C)OC(=O)N1CCC(/C(N)=N/O)(c2ccc(F)cn2)CC1. The molecule has 1 fully saturated rings. The third kappa shape index (κ3) is 3.74. The number of ether oxygens (including phenoxy) is 1. The number of hydrogen-bond acceptors (Lipinski definition) is 5. The van der Waals surface area contributed by atoms with Gasteiger partial charge in [0.15, 0.2) is 5.84 Å². The molecule has 1 aromatic rings. The number of oxime groups is 1. The fourth-order valence-electron chi connectivity index (χ4n) is 2.80. The van der Waals surface area contributed by atoms with E-state index in [0.29, 0.717) is 31.6 Å². The fourth-order valence-corrected chi connectivity index (χ4v) is 2.80. The number of hydrogen-bond donors (Lipinski definition) is 2. The quantitative estimate of drug-likeness (QED) is 0.373. The van der Waals surface area contributed by atoms with Crippen LogP contribution in [-0.4, -0.2) is 45.7 Å². The van der Waals surface area contributed by atoms with Crippen LogP contribution in [0.4, 0.5) is 9.18 Å². The molecule has 0 bridgehead atoms. The molecule has 1 aliphatic rings. The van der Waals surface area contributed by atoms with Crippen LogP contribution in [0.5, 0.6) is 0 Å². The number of piperidine rings is 1. The van der Waals surface area contributed by atoms with Crippen LogP contribution in [0.1, 0.15) is 39.3 Å². The van der Waals surface area contributed by atoms with Crippen molar-refractivity contribution >= 4 is 11.9 Å². The van der Waals surface area contributed by atoms with Crippen molar-refractivity contribution in [2.45, 2.75) is 44.6 Å². The first-order valence-electron chi connectivity index (χ1n) is 7.76. The molecule has 0 spiro atoms. The Morgan fingerprint density at radius 3 is 2.50 bits per heavy atom. The summed E-state index contributed by atoms with van der Waals surface area (Å²) in [5.41, 5.74) is 5.02. The number of aromatic nitrogens is 1. The van der Waals surface area contributed by atoms with Crippen LogP contribution in [0, 0.1) is 5.82 Å². The van der Waals surface area contributed by atoms with Gasteiger partial charge in [-0.1, -0.05) is 5.16 Å². The molecule has 1 aliphatic heterocycles. The van der Waals surface area contributed by atoms with Crippen molar-refractivity contribution in [2.75, 3.05) is 13.1 Å². The average molecular weight is 338 g/mol. The van der Waals surface area contributed by atoms with E-state index in [9.17, 15) is 9.18 Å². The lowest BCUT2D eigenvalue weighted by molar-refractivity contribution is 0.0186. The molecule has 132 valence electrons. The van der Waals surface area contributed by atoms with Gasteiger partial charge in [-0.15, -0.1) is 0 Å². The molecule has 0 atom stereocenters. The molecule has 0 aromatic carbocycles. The van der Waals surface area contributed by atoms with Gasteiger partial charge in [0, 0.05) is 13.1 Å². The highest BCUT2D eigenvalue weighted by Crippen LogP contribution is 2.35. The predicted molar refractivity (Wildman–Crippen MR) is 86.3 cm³/mol. The molecule has 24 heavy (non-hydrogen) atoms. The Balaban J connectivity index is 2.19. The number of nitrogens with zero attached hydrogens (tertiary/aromatic N) is 3. The van der Waals surface area contributed by atoms with Crippen molar-refractivity contribution < 1.29 is 19.1 Å². The number of carbonyl (C=O) groups excluding carboxylic acids is 1. The van der Waals surface area contributed by atoms with Gasteiger partial charge in [-0.2, -0.15) is 0 Å². The van der Waals surface area contributed by atoms with Gasteiger partial charge in [0.2, 0.25) is 0 Å². The Morgan fingerprint density at radius 1 is 1.42 bits per heavy atom. The molecule has 2 rings (SSSR count). The van der Waals surface area contributed by atoms with E-state index in [0.717, 1.165) is 6.20 Å². The number of carbonyl (C=O) groups is 1. The lowest BCUT2D eigenvalue weighted by atomic mass is 9.74. The highest BCUT2D eigenvalue weighted by molar-refractivity contribution is 5.91. The number of likely N-dealkylation sites (tertiary alicyclic amines) is 1. The summed E-state index contributed by atoms with van der Waals surface area (Å²) >= 11 is 0. The van der Waals surface area contributed by atoms with E-state index in [1.807, 2.05) is 0 Å². The normalized spacial score (nSPS) is 18.3. The Labute approximate surface area is 140 Å². The van der Waals surface area contributed by atoms with Gasteiger partial charge < -0.3 is 20.6 Å². The third-order valence-electron chi connectivity index (χ3n) is 4.08. The smallest absolute Gasteiger partial charge is 0.410 e. The standard InChI is InChI=1S/C16H23FN4O3/c1-15(2,3)24-14(22)21-8-6-16(7-9-21,13(18)20-23)12-5-4-11(17)10-19-12/h4-5,10,23H,6-9H2,1-3H3,(H2,18,20). The van der Waals surface area contributed by atoms with E-state index < -0.39 is 22.9 Å². The summed E-state index contributed by atoms with van der Waals surface area (Å²) < 4.78 is 18.5. The number of amidine groups is 1. The minimum absolute atomic E-state index is 0.00504. The first-order chi connectivity index (χ1) is 11.2. The summed E-state index contributed by atoms with van der Waals surface area (Å²) in [7, 11) is 0. The first-order valence-corrected chi connectivity index (χ1v) is 7.76. The topological polar surface area (TPSA) is 101 Å². The van der Waals surface area contributed by atoms with Crippen molar-refractivity contribution in [3.05, 3.63) is 29.8 Å². The van der Waals surface area contributed by atoms with Gasteiger partial charge in [0.25, 0.3) is 0 Å². The fraction of sp³-hybridized carbons (Fsp3) is 0.562. The van der Waals surface area contributed by atoms with Crippen LogP contribution in [-0.2, 0) is 10.2 Å². The van der Waals surface area contributed by atoms with Gasteiger partial charge >= 0.3 is 6.09 Å². The van der Waals surface area contributed by atoms with Crippen molar-refractivity contribution in [2.24, 2.45) is 10.9 Å². The maximum Gasteiger partial charge on any atom is 0.410 e. The van der Waals surface area contributed by atoms with Gasteiger partial charge in [-0.25, -0.2) is 9.18 Å². The van der Waals surface area contributed by atoms with Crippen LogP contribution in [0.3, 0.4) is 0 Å². The van der Waals surface area contributed by atoms with E-state index >= 15 is 0 Å². The monoisotopic (exact) mass is 338 g/mol. The van der Waals surface area contributed by atoms with Gasteiger partial charge in [-0.3, -0.25) is 4.98 Å². The summed E-state index contributed by atoms with van der Waals surface area (Å²) in [6.07, 6.45) is 1.51. The molecule has 7 nitrogen and oxygen atoms in total. The summed E-state index contributed by atoms with van der Waals surface area (Å²) in [4.78, 5) is 17.8. The van der Waals surface area contributed by atoms with Crippen molar-refractivity contribution in [1.29, 1.82) is 0 Å². The molecular weight excluding hydrogens is 315 g/mol. The average Bonchev–Trinajstić information content (AvgIpc) is 2.53. The van der Waals surface area contributed by atoms with E-state index in [1.54, 1.807) is 25.7 Å². The second-order valence-electron chi connectivity index (χ2n) is 6.90. The number of pyridine rings is 1. The minimum Gasteiger partial charge on any atom is -0.444 e. The molecule has 3 N–H and O–H groups in total. The van der Waals surface area contributed by atoms with Crippen molar-refractivity contribution in [3.8, 4) is 0 Å². The molecule has 8 heteroatoms. The summed E-state index contributed by atoms with van der Waals surface area (Å²) in [5.74, 6) is -0.454. The molecule has 1 amide bonds. The number of nitrogens with two attached hydrogens (primary N) is 1. The highest BCUT2D eigenvalue weighted by atomic mass is 19.1. The molecular formula is C16H23FN4O3. The lowest BCUT2D eigenvalue weighted by Gasteiger charge is -2.40. The summed E-state index contributed by atoms with van der Waals surface area (Å²) in [5, 5.41) is 12.3. The maximum absolute atomic E-state index is 13.1. The Bertz CT molecular complexity index is 617. The Hall–Kier alpha value is -2.38. The van der Waals surface area contributed by atoms with E-state index in [4.69, 9.17) is 15.7 Å². The highest BCUT2D eigenvalue weighted by Gasteiger charge is 2.43. The lowest BCUT2D eigenvalue weighted by Crippen LogP contribution is -2.52. The van der Waals surface area contributed by atoms with Crippen molar-refractivity contribution in [1.82, 2.24) is 9.88 Å². The second kappa shape index (κ2) is 6.62. The van der Waals surface area contributed by atoms with E-state index in [1.165, 1.54) is 12.1 Å². The predicted octanol–water partition coefficient (Wildman–Crippen LogP) is 2.24. The zero-order chi connectivity index (χ0) is 18.0. The molecule has 0 aliphatic carbocycles. The van der Waals surface area contributed by atoms with Gasteiger partial charge in [0.1, 0.15) is 11.4 Å². The molecule has 2 heterocycles. The largest absolute Gasteiger partial charge is 0.444 e. The summed E-state index contributed by atoms with van der Waals surface area (Å²) in [6, 6.07) is 2.81. The van der Waals surface area contributed by atoms with Crippen LogP contribution < -0.4 is 5.73 Å². The van der Waals surface area contributed by atoms with E-state index in [2.05, 4.69) is 10.1 Å². The molecule has 0 unspecified atom stereocenters. The van der Waals surface area contributed by atoms with Crippen LogP contribution in [0.25, 0.3) is 0 Å². The Morgan fingerprint density at radius 2 is 2.04 bits per heavy atom. The second-order valence-corrected chi connectivity index (χ2v) is 6.90.